The molecule has 0 saturated carbocycles. The van der Waals surface area contributed by atoms with Crippen LogP contribution in [0.4, 0.5) is 11.6 Å². The van der Waals surface area contributed by atoms with Gasteiger partial charge in [-0.05, 0) is 31.0 Å². The van der Waals surface area contributed by atoms with E-state index in [4.69, 9.17) is 17.3 Å². The van der Waals surface area contributed by atoms with Gasteiger partial charge in [0.05, 0.1) is 10.5 Å². The quantitative estimate of drug-likeness (QED) is 0.720. The number of nitrogen functional groups attached to an aromatic ring is 1. The molecule has 20 heavy (non-hydrogen) atoms. The summed E-state index contributed by atoms with van der Waals surface area (Å²) in [6, 6.07) is 6.38. The number of aromatic nitrogens is 2. The Balaban J connectivity index is 2.01. The van der Waals surface area contributed by atoms with Crippen LogP contribution in [0.3, 0.4) is 0 Å². The molecule has 104 valence electrons. The zero-order valence-corrected chi connectivity index (χ0v) is 12.2. The van der Waals surface area contributed by atoms with E-state index in [1.807, 2.05) is 11.6 Å². The van der Waals surface area contributed by atoms with E-state index in [1.165, 1.54) is 18.7 Å². The molecule has 3 aromatic rings. The summed E-state index contributed by atoms with van der Waals surface area (Å²) in [7, 11) is 1.95. The van der Waals surface area contributed by atoms with Crippen LogP contribution in [0.2, 0.25) is 5.02 Å². The first-order valence-corrected chi connectivity index (χ1v) is 7.34. The molecule has 0 radical (unpaired) electrons. The number of nitrogens with one attached hydrogen (secondary N) is 1. The molecule has 0 unspecified atom stereocenters. The summed E-state index contributed by atoms with van der Waals surface area (Å²) < 4.78 is 1.94. The predicted octanol–water partition coefficient (Wildman–Crippen LogP) is 3.50. The molecule has 0 aliphatic carbocycles. The monoisotopic (exact) mass is 288 g/mol. The third-order valence-electron chi connectivity index (χ3n) is 4.38. The van der Waals surface area contributed by atoms with E-state index >= 15 is 0 Å². The van der Waals surface area contributed by atoms with Crippen molar-refractivity contribution in [2.24, 2.45) is 7.05 Å². The van der Waals surface area contributed by atoms with Crippen molar-refractivity contribution in [1.82, 2.24) is 9.55 Å². The van der Waals surface area contributed by atoms with Gasteiger partial charge in [-0.2, -0.15) is 0 Å². The second-order valence-electron chi connectivity index (χ2n) is 5.53. The Hall–Kier alpha value is -1.81. The van der Waals surface area contributed by atoms with E-state index in [0.29, 0.717) is 10.8 Å². The van der Waals surface area contributed by atoms with Gasteiger partial charge in [-0.25, -0.2) is 0 Å². The SMILES string of the molecule is Cn1c(N)c(Cl)c2c3cc(N4CCCC4)[nH]c3ccc21. The summed E-state index contributed by atoms with van der Waals surface area (Å²) in [4.78, 5) is 5.90. The van der Waals surface area contributed by atoms with Crippen molar-refractivity contribution in [3.05, 3.63) is 23.2 Å². The van der Waals surface area contributed by atoms with Gasteiger partial charge in [0.25, 0.3) is 0 Å². The van der Waals surface area contributed by atoms with Crippen molar-refractivity contribution in [3.63, 3.8) is 0 Å². The molecule has 0 spiro atoms. The highest BCUT2D eigenvalue weighted by atomic mass is 35.5. The topological polar surface area (TPSA) is 50.0 Å². The Morgan fingerprint density at radius 3 is 2.75 bits per heavy atom. The summed E-state index contributed by atoms with van der Waals surface area (Å²) >= 11 is 6.42. The van der Waals surface area contributed by atoms with Crippen LogP contribution in [0.15, 0.2) is 18.2 Å². The highest BCUT2D eigenvalue weighted by molar-refractivity contribution is 6.40. The number of fused-ring (bicyclic) bond motifs is 3. The minimum Gasteiger partial charge on any atom is -0.384 e. The molecule has 4 rings (SSSR count). The van der Waals surface area contributed by atoms with Crippen molar-refractivity contribution in [3.8, 4) is 0 Å². The first kappa shape index (κ1) is 12.0. The maximum absolute atomic E-state index is 6.42. The van der Waals surface area contributed by atoms with Crippen LogP contribution < -0.4 is 10.6 Å². The third-order valence-corrected chi connectivity index (χ3v) is 4.76. The van der Waals surface area contributed by atoms with Crippen molar-refractivity contribution < 1.29 is 0 Å². The zero-order valence-electron chi connectivity index (χ0n) is 11.4. The molecule has 1 fully saturated rings. The Morgan fingerprint density at radius 1 is 1.25 bits per heavy atom. The number of benzene rings is 1. The van der Waals surface area contributed by atoms with Gasteiger partial charge in [-0.1, -0.05) is 11.6 Å². The number of rotatable bonds is 1. The van der Waals surface area contributed by atoms with Crippen LogP contribution in [0, 0.1) is 0 Å². The number of hydrogen-bond acceptors (Lipinski definition) is 2. The lowest BCUT2D eigenvalue weighted by Crippen LogP contribution is -2.17. The van der Waals surface area contributed by atoms with Crippen LogP contribution in [0.5, 0.6) is 0 Å². The highest BCUT2D eigenvalue weighted by Crippen LogP contribution is 2.38. The summed E-state index contributed by atoms with van der Waals surface area (Å²) in [5.41, 5.74) is 8.24. The smallest absolute Gasteiger partial charge is 0.123 e. The predicted molar refractivity (Wildman–Crippen MR) is 85.6 cm³/mol. The lowest BCUT2D eigenvalue weighted by Gasteiger charge is -2.14. The molecule has 3 heterocycles. The van der Waals surface area contributed by atoms with Gasteiger partial charge in [0, 0.05) is 36.4 Å². The van der Waals surface area contributed by atoms with Crippen LogP contribution in [-0.4, -0.2) is 22.6 Å². The fraction of sp³-hybridized carbons (Fsp3) is 0.333. The second-order valence-corrected chi connectivity index (χ2v) is 5.91. The number of nitrogens with two attached hydrogens (primary N) is 1. The van der Waals surface area contributed by atoms with E-state index < -0.39 is 0 Å². The van der Waals surface area contributed by atoms with Gasteiger partial charge in [0.15, 0.2) is 0 Å². The molecule has 3 N–H and O–H groups in total. The number of halogens is 1. The van der Waals surface area contributed by atoms with Crippen LogP contribution in [0.1, 0.15) is 12.8 Å². The first-order chi connectivity index (χ1) is 9.66. The number of aryl methyl sites for hydroxylation is 1. The molecule has 0 amide bonds. The molecule has 1 aromatic carbocycles. The van der Waals surface area contributed by atoms with Crippen molar-refractivity contribution >= 4 is 45.0 Å². The third kappa shape index (κ3) is 1.48. The largest absolute Gasteiger partial charge is 0.384 e. The maximum Gasteiger partial charge on any atom is 0.123 e. The van der Waals surface area contributed by atoms with E-state index in [-0.39, 0.29) is 0 Å². The summed E-state index contributed by atoms with van der Waals surface area (Å²) in [6.45, 7) is 2.25. The molecule has 4 nitrogen and oxygen atoms in total. The van der Waals surface area contributed by atoms with Gasteiger partial charge in [-0.15, -0.1) is 0 Å². The minimum absolute atomic E-state index is 0.623. The molecular weight excluding hydrogens is 272 g/mol. The van der Waals surface area contributed by atoms with Gasteiger partial charge < -0.3 is 20.2 Å². The summed E-state index contributed by atoms with van der Waals surface area (Å²) in [5.74, 6) is 1.81. The lowest BCUT2D eigenvalue weighted by atomic mass is 10.1. The van der Waals surface area contributed by atoms with Gasteiger partial charge in [-0.3, -0.25) is 0 Å². The first-order valence-electron chi connectivity index (χ1n) is 6.97. The average Bonchev–Trinajstić information content (AvgIpc) is 3.14. The Kier molecular flexibility index (Phi) is 2.45. The normalized spacial score (nSPS) is 15.8. The Bertz CT molecular complexity index is 808. The van der Waals surface area contributed by atoms with Crippen LogP contribution in [-0.2, 0) is 7.05 Å². The van der Waals surface area contributed by atoms with Crippen molar-refractivity contribution in [1.29, 1.82) is 0 Å². The molecule has 0 atom stereocenters. The second kappa shape index (κ2) is 4.09. The molecule has 0 bridgehead atoms. The van der Waals surface area contributed by atoms with E-state index in [9.17, 15) is 0 Å². The highest BCUT2D eigenvalue weighted by Gasteiger charge is 2.18. The zero-order chi connectivity index (χ0) is 13.9. The van der Waals surface area contributed by atoms with E-state index in [0.717, 1.165) is 34.9 Å². The van der Waals surface area contributed by atoms with Crippen molar-refractivity contribution in [2.75, 3.05) is 23.7 Å². The molecular formula is C15H17ClN4. The van der Waals surface area contributed by atoms with Crippen molar-refractivity contribution in [2.45, 2.75) is 12.8 Å². The standard InChI is InChI=1S/C15H17ClN4/c1-19-11-5-4-10-9(13(11)14(16)15(19)17)8-12(18-10)20-6-2-3-7-20/h4-5,8,18H,2-3,6-7,17H2,1H3. The van der Waals surface area contributed by atoms with Crippen LogP contribution in [0.25, 0.3) is 21.8 Å². The van der Waals surface area contributed by atoms with Gasteiger partial charge in [0.1, 0.15) is 11.6 Å². The fourth-order valence-corrected chi connectivity index (χ4v) is 3.55. The van der Waals surface area contributed by atoms with Gasteiger partial charge in [0.2, 0.25) is 0 Å². The van der Waals surface area contributed by atoms with E-state index in [1.54, 1.807) is 0 Å². The summed E-state index contributed by atoms with van der Waals surface area (Å²) in [6.07, 6.45) is 2.54. The molecule has 5 heteroatoms. The lowest BCUT2D eigenvalue weighted by molar-refractivity contribution is 0.949. The number of aromatic amines is 1. The van der Waals surface area contributed by atoms with Crippen LogP contribution >= 0.6 is 11.6 Å². The summed E-state index contributed by atoms with van der Waals surface area (Å²) in [5, 5.41) is 2.85. The maximum atomic E-state index is 6.42. The fourth-order valence-electron chi connectivity index (χ4n) is 3.22. The minimum atomic E-state index is 0.623. The Labute approximate surface area is 122 Å². The molecule has 2 aromatic heterocycles. The number of H-pyrrole nitrogens is 1. The average molecular weight is 289 g/mol. The number of anilines is 2. The number of nitrogens with zero attached hydrogens (tertiary/aromatic N) is 2. The molecule has 1 saturated heterocycles. The van der Waals surface area contributed by atoms with E-state index in [2.05, 4.69) is 28.1 Å². The Morgan fingerprint density at radius 2 is 2.00 bits per heavy atom. The molecule has 1 aliphatic rings. The number of hydrogen-bond donors (Lipinski definition) is 2. The van der Waals surface area contributed by atoms with Gasteiger partial charge >= 0.3 is 0 Å². The molecule has 1 aliphatic heterocycles.